The van der Waals surface area contributed by atoms with Crippen molar-refractivity contribution in [1.29, 1.82) is 0 Å². The number of hydrogen-bond donors (Lipinski definition) is 3. The Kier molecular flexibility index (Phi) is 6.84. The normalized spacial score (nSPS) is 16.4. The second-order valence-electron chi connectivity index (χ2n) is 6.02. The van der Waals surface area contributed by atoms with E-state index in [0.717, 1.165) is 5.57 Å². The van der Waals surface area contributed by atoms with Crippen molar-refractivity contribution in [2.75, 3.05) is 0 Å². The molecule has 0 spiro atoms. The van der Waals surface area contributed by atoms with Gasteiger partial charge < -0.3 is 19.7 Å². The minimum Gasteiger partial charge on any atom is -0.507 e. The fourth-order valence-corrected chi connectivity index (χ4v) is 2.09. The van der Waals surface area contributed by atoms with Crippen LogP contribution in [0.5, 0.6) is 5.75 Å². The van der Waals surface area contributed by atoms with Gasteiger partial charge in [-0.15, -0.1) is 0 Å². The Labute approximate surface area is 130 Å². The lowest BCUT2D eigenvalue weighted by atomic mass is 9.99. The highest BCUT2D eigenvalue weighted by Crippen LogP contribution is 2.18. The van der Waals surface area contributed by atoms with Crippen LogP contribution in [0.25, 0.3) is 0 Å². The fraction of sp³-hybridized carbons (Fsp3) is 0.588. The second kappa shape index (κ2) is 8.15. The summed E-state index contributed by atoms with van der Waals surface area (Å²) in [5.74, 6) is 0.240. The molecular weight excluding hydrogens is 284 g/mol. The van der Waals surface area contributed by atoms with Gasteiger partial charge in [-0.3, -0.25) is 0 Å². The van der Waals surface area contributed by atoms with Crippen LogP contribution < -0.4 is 5.63 Å². The first kappa shape index (κ1) is 18.5. The summed E-state index contributed by atoms with van der Waals surface area (Å²) < 4.78 is 5.04. The van der Waals surface area contributed by atoms with Crippen LogP contribution in [0, 0.1) is 12.8 Å². The van der Waals surface area contributed by atoms with Crippen molar-refractivity contribution in [3.63, 3.8) is 0 Å². The first-order chi connectivity index (χ1) is 10.2. The van der Waals surface area contributed by atoms with Gasteiger partial charge in [0, 0.05) is 12.5 Å². The zero-order chi connectivity index (χ0) is 16.9. The minimum absolute atomic E-state index is 0.0733. The van der Waals surface area contributed by atoms with Crippen molar-refractivity contribution in [3.05, 3.63) is 39.5 Å². The summed E-state index contributed by atoms with van der Waals surface area (Å²) in [7, 11) is 0. The molecule has 0 amide bonds. The quantitative estimate of drug-likeness (QED) is 0.672. The van der Waals surface area contributed by atoms with E-state index in [1.165, 1.54) is 13.0 Å². The van der Waals surface area contributed by atoms with E-state index in [9.17, 15) is 20.1 Å². The Morgan fingerprint density at radius 2 is 2.00 bits per heavy atom. The highest BCUT2D eigenvalue weighted by Gasteiger charge is 2.12. The third-order valence-corrected chi connectivity index (χ3v) is 3.83. The van der Waals surface area contributed by atoms with Crippen LogP contribution in [0.3, 0.4) is 0 Å². The topological polar surface area (TPSA) is 90.9 Å². The van der Waals surface area contributed by atoms with Gasteiger partial charge in [-0.1, -0.05) is 18.6 Å². The molecule has 3 N–H and O–H groups in total. The number of rotatable bonds is 7. The van der Waals surface area contributed by atoms with Crippen molar-refractivity contribution in [1.82, 2.24) is 0 Å². The summed E-state index contributed by atoms with van der Waals surface area (Å²) in [4.78, 5) is 11.5. The predicted octanol–water partition coefficient (Wildman–Crippen LogP) is 2.30. The molecule has 1 rings (SSSR count). The van der Waals surface area contributed by atoms with Gasteiger partial charge in [0.1, 0.15) is 11.5 Å². The van der Waals surface area contributed by atoms with Crippen molar-refractivity contribution >= 4 is 0 Å². The number of aliphatic hydroxyl groups is 2. The fourth-order valence-electron chi connectivity index (χ4n) is 2.09. The Hall–Kier alpha value is -1.59. The van der Waals surface area contributed by atoms with Crippen molar-refractivity contribution in [2.45, 2.75) is 59.2 Å². The third-order valence-electron chi connectivity index (χ3n) is 3.83. The van der Waals surface area contributed by atoms with Crippen LogP contribution in [0.15, 0.2) is 26.9 Å². The summed E-state index contributed by atoms with van der Waals surface area (Å²) in [5, 5.41) is 29.1. The zero-order valence-corrected chi connectivity index (χ0v) is 13.7. The van der Waals surface area contributed by atoms with Gasteiger partial charge >= 0.3 is 5.63 Å². The number of aliphatic hydroxyl groups excluding tert-OH is 2. The molecule has 0 aromatic carbocycles. The molecule has 5 nitrogen and oxygen atoms in total. The lowest BCUT2D eigenvalue weighted by molar-refractivity contribution is 0.153. The Bertz CT molecular complexity index is 571. The molecule has 1 aromatic heterocycles. The van der Waals surface area contributed by atoms with E-state index in [2.05, 4.69) is 0 Å². The molecule has 5 heteroatoms. The van der Waals surface area contributed by atoms with Crippen LogP contribution >= 0.6 is 0 Å². The van der Waals surface area contributed by atoms with E-state index < -0.39 is 17.8 Å². The summed E-state index contributed by atoms with van der Waals surface area (Å²) >= 11 is 0. The number of hydrogen-bond acceptors (Lipinski definition) is 5. The van der Waals surface area contributed by atoms with Crippen molar-refractivity contribution in [3.8, 4) is 5.75 Å². The van der Waals surface area contributed by atoms with Crippen molar-refractivity contribution < 1.29 is 19.7 Å². The number of allylic oxidation sites excluding steroid dienone is 1. The van der Waals surface area contributed by atoms with Gasteiger partial charge in [-0.05, 0) is 39.5 Å². The highest BCUT2D eigenvalue weighted by molar-refractivity contribution is 5.28. The first-order valence-corrected chi connectivity index (χ1v) is 7.56. The first-order valence-electron chi connectivity index (χ1n) is 7.56. The Morgan fingerprint density at radius 1 is 1.36 bits per heavy atom. The maximum atomic E-state index is 11.5. The largest absolute Gasteiger partial charge is 0.507 e. The Morgan fingerprint density at radius 3 is 2.55 bits per heavy atom. The molecule has 124 valence electrons. The smallest absolute Gasteiger partial charge is 0.342 e. The maximum Gasteiger partial charge on any atom is 0.342 e. The molecule has 0 saturated carbocycles. The molecule has 0 radical (unpaired) electrons. The van der Waals surface area contributed by atoms with Gasteiger partial charge in [0.25, 0.3) is 0 Å². The lowest BCUT2D eigenvalue weighted by Crippen LogP contribution is -2.14. The molecule has 3 atom stereocenters. The van der Waals surface area contributed by atoms with Crippen molar-refractivity contribution in [2.24, 2.45) is 5.92 Å². The standard InChI is InChI=1S/C17H26O5/c1-10(7-11(2)13(4)18)5-6-14(19)8-15-9-16(20)12(3)17(21)22-15/h7,9,11,13-14,18-20H,5-6,8H2,1-4H3/b10-7+/t11-,13+,14-/m0/s1. The molecule has 0 aliphatic heterocycles. The molecule has 0 aliphatic carbocycles. The predicted molar refractivity (Wildman–Crippen MR) is 84.9 cm³/mol. The second-order valence-corrected chi connectivity index (χ2v) is 6.02. The average molecular weight is 310 g/mol. The summed E-state index contributed by atoms with van der Waals surface area (Å²) in [6.45, 7) is 7.13. The molecule has 1 aromatic rings. The molecular formula is C17H26O5. The van der Waals surface area contributed by atoms with Gasteiger partial charge in [-0.25, -0.2) is 4.79 Å². The summed E-state index contributed by atoms with van der Waals surface area (Å²) in [6, 6.07) is 1.37. The van der Waals surface area contributed by atoms with Gasteiger partial charge in [-0.2, -0.15) is 0 Å². The molecule has 0 fully saturated rings. The minimum atomic E-state index is -0.657. The van der Waals surface area contributed by atoms with Crippen LogP contribution in [0.1, 0.15) is 44.9 Å². The molecule has 0 unspecified atom stereocenters. The van der Waals surface area contributed by atoms with Crippen LogP contribution in [0.4, 0.5) is 0 Å². The third kappa shape index (κ3) is 5.66. The average Bonchev–Trinajstić information content (AvgIpc) is 2.42. The van der Waals surface area contributed by atoms with Crippen LogP contribution in [-0.4, -0.2) is 27.5 Å². The monoisotopic (exact) mass is 310 g/mol. The highest BCUT2D eigenvalue weighted by atomic mass is 16.4. The molecule has 1 heterocycles. The molecule has 0 saturated heterocycles. The van der Waals surface area contributed by atoms with E-state index >= 15 is 0 Å². The molecule has 0 bridgehead atoms. The van der Waals surface area contributed by atoms with E-state index in [1.807, 2.05) is 19.9 Å². The van der Waals surface area contributed by atoms with E-state index in [0.29, 0.717) is 12.8 Å². The van der Waals surface area contributed by atoms with Crippen LogP contribution in [-0.2, 0) is 6.42 Å². The van der Waals surface area contributed by atoms with E-state index in [-0.39, 0.29) is 29.4 Å². The summed E-state index contributed by atoms with van der Waals surface area (Å²) in [5.41, 5.74) is 0.689. The van der Waals surface area contributed by atoms with Gasteiger partial charge in [0.05, 0.1) is 17.8 Å². The number of aromatic hydroxyl groups is 1. The van der Waals surface area contributed by atoms with E-state index in [4.69, 9.17) is 4.42 Å². The van der Waals surface area contributed by atoms with E-state index in [1.54, 1.807) is 6.92 Å². The SMILES string of the molecule is C/C(=C\[C@H](C)[C@@H](C)O)CC[C@H](O)Cc1cc(O)c(C)c(=O)o1. The van der Waals surface area contributed by atoms with Crippen LogP contribution in [0.2, 0.25) is 0 Å². The Balaban J connectivity index is 2.57. The lowest BCUT2D eigenvalue weighted by Gasteiger charge is -2.13. The molecule has 0 aliphatic rings. The maximum absolute atomic E-state index is 11.5. The van der Waals surface area contributed by atoms with Gasteiger partial charge in [0.2, 0.25) is 0 Å². The summed E-state index contributed by atoms with van der Waals surface area (Å²) in [6.07, 6.45) is 2.34. The van der Waals surface area contributed by atoms with Gasteiger partial charge in [0.15, 0.2) is 0 Å². The molecule has 22 heavy (non-hydrogen) atoms. The zero-order valence-electron chi connectivity index (χ0n) is 13.7.